The summed E-state index contributed by atoms with van der Waals surface area (Å²) in [6, 6.07) is 4.56. The molecule has 0 fully saturated rings. The largest absolute Gasteiger partial charge is 0.457 e. The molecule has 0 saturated carbocycles. The predicted octanol–water partition coefficient (Wildman–Crippen LogP) is 2.77. The first-order chi connectivity index (χ1) is 10.0. The number of nitrogens with zero attached hydrogens (tertiary/aromatic N) is 3. The van der Waals surface area contributed by atoms with Gasteiger partial charge in [-0.1, -0.05) is 17.4 Å². The van der Waals surface area contributed by atoms with Gasteiger partial charge in [-0.3, -0.25) is 0 Å². The molecule has 0 aliphatic carbocycles. The SMILES string of the molecule is O=C1OCc2ccc(N=C(F)c3nc([N+](=O)[O-])cs3)cc21. The molecule has 1 aliphatic heterocycles. The van der Waals surface area contributed by atoms with E-state index >= 15 is 0 Å². The maximum Gasteiger partial charge on any atom is 0.375 e. The van der Waals surface area contributed by atoms with Crippen LogP contribution in [0.4, 0.5) is 15.9 Å². The molecule has 1 aromatic heterocycles. The summed E-state index contributed by atoms with van der Waals surface area (Å²) in [6.07, 6.45) is 0. The number of carbonyl (C=O) groups excluding carboxylic acids is 1. The van der Waals surface area contributed by atoms with Crippen LogP contribution in [0.15, 0.2) is 28.6 Å². The summed E-state index contributed by atoms with van der Waals surface area (Å²) in [5.74, 6) is -1.86. The Kier molecular flexibility index (Phi) is 3.18. The maximum atomic E-state index is 13.9. The van der Waals surface area contributed by atoms with Crippen LogP contribution in [0.25, 0.3) is 0 Å². The van der Waals surface area contributed by atoms with Crippen LogP contribution in [0, 0.1) is 10.1 Å². The number of benzene rings is 1. The molecule has 0 unspecified atom stereocenters. The number of thiazole rings is 1. The van der Waals surface area contributed by atoms with Gasteiger partial charge in [-0.25, -0.2) is 9.79 Å². The van der Waals surface area contributed by atoms with Gasteiger partial charge in [0.15, 0.2) is 0 Å². The van der Waals surface area contributed by atoms with Crippen LogP contribution in [-0.2, 0) is 11.3 Å². The average molecular weight is 307 g/mol. The first-order valence-electron chi connectivity index (χ1n) is 5.69. The average Bonchev–Trinajstić information content (AvgIpc) is 3.07. The number of cyclic esters (lactones) is 1. The van der Waals surface area contributed by atoms with E-state index in [9.17, 15) is 19.3 Å². The van der Waals surface area contributed by atoms with Crippen LogP contribution in [-0.4, -0.2) is 21.8 Å². The fraction of sp³-hybridized carbons (Fsp3) is 0.0833. The van der Waals surface area contributed by atoms with Gasteiger partial charge in [-0.15, -0.1) is 0 Å². The van der Waals surface area contributed by atoms with Gasteiger partial charge in [-0.05, 0) is 22.0 Å². The van der Waals surface area contributed by atoms with E-state index in [-0.39, 0.29) is 17.3 Å². The van der Waals surface area contributed by atoms with Crippen LogP contribution in [0.3, 0.4) is 0 Å². The van der Waals surface area contributed by atoms with Crippen molar-refractivity contribution in [1.82, 2.24) is 4.98 Å². The minimum Gasteiger partial charge on any atom is -0.457 e. The van der Waals surface area contributed by atoms with Crippen molar-refractivity contribution in [2.75, 3.05) is 0 Å². The van der Waals surface area contributed by atoms with E-state index in [0.29, 0.717) is 11.1 Å². The molecule has 0 spiro atoms. The third-order valence-electron chi connectivity index (χ3n) is 2.75. The quantitative estimate of drug-likeness (QED) is 0.376. The lowest BCUT2D eigenvalue weighted by Gasteiger charge is -1.96. The van der Waals surface area contributed by atoms with Crippen molar-refractivity contribution in [2.45, 2.75) is 6.61 Å². The van der Waals surface area contributed by atoms with Crippen LogP contribution in [0.5, 0.6) is 0 Å². The van der Waals surface area contributed by atoms with Crippen molar-refractivity contribution >= 4 is 34.8 Å². The number of nitro groups is 1. The Hall–Kier alpha value is -2.68. The molecule has 2 aromatic rings. The second kappa shape index (κ2) is 5.02. The van der Waals surface area contributed by atoms with Crippen LogP contribution < -0.4 is 0 Å². The lowest BCUT2D eigenvalue weighted by molar-refractivity contribution is -0.389. The van der Waals surface area contributed by atoms with Crippen molar-refractivity contribution in [2.24, 2.45) is 4.99 Å². The highest BCUT2D eigenvalue weighted by atomic mass is 32.1. The Morgan fingerprint density at radius 1 is 1.52 bits per heavy atom. The summed E-state index contributed by atoms with van der Waals surface area (Å²) in [7, 11) is 0. The molecule has 3 rings (SSSR count). The number of carbonyl (C=O) groups is 1. The lowest BCUT2D eigenvalue weighted by Crippen LogP contribution is -1.95. The fourth-order valence-corrected chi connectivity index (χ4v) is 2.42. The summed E-state index contributed by atoms with van der Waals surface area (Å²) in [5.41, 5.74) is 1.27. The number of fused-ring (bicyclic) bond motifs is 1. The minimum atomic E-state index is -0.945. The number of aliphatic imine (C=N–C) groups is 1. The van der Waals surface area contributed by atoms with Crippen LogP contribution in [0.1, 0.15) is 20.9 Å². The van der Waals surface area contributed by atoms with Crippen molar-refractivity contribution in [3.05, 3.63) is 49.8 Å². The Bertz CT molecular complexity index is 787. The van der Waals surface area contributed by atoms with E-state index < -0.39 is 22.7 Å². The predicted molar refractivity (Wildman–Crippen MR) is 71.6 cm³/mol. The zero-order valence-corrected chi connectivity index (χ0v) is 11.1. The second-order valence-corrected chi connectivity index (χ2v) is 4.95. The number of esters is 1. The van der Waals surface area contributed by atoms with E-state index in [1.165, 1.54) is 12.1 Å². The van der Waals surface area contributed by atoms with Crippen molar-refractivity contribution in [3.63, 3.8) is 0 Å². The molecule has 0 amide bonds. The van der Waals surface area contributed by atoms with Gasteiger partial charge < -0.3 is 14.9 Å². The van der Waals surface area contributed by atoms with Crippen LogP contribution in [0.2, 0.25) is 0 Å². The summed E-state index contributed by atoms with van der Waals surface area (Å²) in [5, 5.41) is 11.4. The molecule has 0 N–H and O–H groups in total. The molecule has 21 heavy (non-hydrogen) atoms. The molecule has 7 nitrogen and oxygen atoms in total. The third-order valence-corrected chi connectivity index (χ3v) is 3.57. The third kappa shape index (κ3) is 2.50. The normalized spacial score (nSPS) is 14.0. The van der Waals surface area contributed by atoms with Gasteiger partial charge in [0.25, 0.3) is 11.0 Å². The van der Waals surface area contributed by atoms with Gasteiger partial charge in [-0.2, -0.15) is 4.39 Å². The first-order valence-corrected chi connectivity index (χ1v) is 6.57. The van der Waals surface area contributed by atoms with Gasteiger partial charge in [0.1, 0.15) is 6.61 Å². The van der Waals surface area contributed by atoms with E-state index in [0.717, 1.165) is 16.7 Å². The molecule has 1 aromatic carbocycles. The van der Waals surface area contributed by atoms with E-state index in [1.807, 2.05) is 0 Å². The summed E-state index contributed by atoms with van der Waals surface area (Å²) in [4.78, 5) is 28.4. The van der Waals surface area contributed by atoms with Crippen molar-refractivity contribution in [1.29, 1.82) is 0 Å². The summed E-state index contributed by atoms with van der Waals surface area (Å²) < 4.78 is 18.7. The number of ether oxygens (including phenoxy) is 1. The Morgan fingerprint density at radius 2 is 2.33 bits per heavy atom. The fourth-order valence-electron chi connectivity index (χ4n) is 1.78. The van der Waals surface area contributed by atoms with Crippen molar-refractivity contribution < 1.29 is 18.8 Å². The summed E-state index contributed by atoms with van der Waals surface area (Å²) >= 11 is 0.781. The highest BCUT2D eigenvalue weighted by molar-refractivity contribution is 7.12. The zero-order valence-electron chi connectivity index (χ0n) is 10.3. The van der Waals surface area contributed by atoms with Gasteiger partial charge in [0, 0.05) is 5.56 Å². The number of aromatic nitrogens is 1. The van der Waals surface area contributed by atoms with E-state index in [1.54, 1.807) is 6.07 Å². The first kappa shape index (κ1) is 13.3. The number of hydrogen-bond acceptors (Lipinski definition) is 7. The number of rotatable bonds is 3. The smallest absolute Gasteiger partial charge is 0.375 e. The highest BCUT2D eigenvalue weighted by Crippen LogP contribution is 2.26. The molecule has 106 valence electrons. The van der Waals surface area contributed by atoms with E-state index in [2.05, 4.69) is 9.98 Å². The monoisotopic (exact) mass is 307 g/mol. The topological polar surface area (TPSA) is 94.7 Å². The molecule has 0 bridgehead atoms. The molecule has 0 saturated heterocycles. The van der Waals surface area contributed by atoms with Gasteiger partial charge in [0.2, 0.25) is 0 Å². The summed E-state index contributed by atoms with van der Waals surface area (Å²) in [6.45, 7) is 0.194. The van der Waals surface area contributed by atoms with Gasteiger partial charge >= 0.3 is 11.8 Å². The number of halogens is 1. The molecule has 1 aliphatic rings. The molecular formula is C12H6FN3O4S. The van der Waals surface area contributed by atoms with Gasteiger partial charge in [0.05, 0.1) is 16.6 Å². The molecule has 2 heterocycles. The van der Waals surface area contributed by atoms with Crippen LogP contribution >= 0.6 is 11.3 Å². The molecule has 0 atom stereocenters. The lowest BCUT2D eigenvalue weighted by atomic mass is 10.1. The molecule has 9 heteroatoms. The standard InChI is InChI=1S/C12H6FN3O4S/c13-10(11-15-9(5-21-11)16(18)19)14-7-2-1-6-4-20-12(17)8(6)3-7/h1-3,5H,4H2. The minimum absolute atomic E-state index is 0.190. The highest BCUT2D eigenvalue weighted by Gasteiger charge is 2.22. The Labute approximate surface area is 120 Å². The maximum absolute atomic E-state index is 13.9. The van der Waals surface area contributed by atoms with E-state index in [4.69, 9.17) is 4.74 Å². The zero-order chi connectivity index (χ0) is 15.0. The number of hydrogen-bond donors (Lipinski definition) is 0. The Morgan fingerprint density at radius 3 is 3.05 bits per heavy atom. The Balaban J connectivity index is 1.92. The second-order valence-electron chi connectivity index (χ2n) is 4.09. The van der Waals surface area contributed by atoms with Crippen molar-refractivity contribution in [3.8, 4) is 0 Å². The molecule has 0 radical (unpaired) electrons. The molecular weight excluding hydrogens is 301 g/mol.